The lowest BCUT2D eigenvalue weighted by molar-refractivity contribution is -0.115. The number of carbonyl (C=O) groups is 2. The Morgan fingerprint density at radius 2 is 1.81 bits per heavy atom. The minimum Gasteiger partial charge on any atom is -0.494 e. The molecule has 0 saturated heterocycles. The zero-order valence-corrected chi connectivity index (χ0v) is 17.3. The van der Waals surface area contributed by atoms with E-state index < -0.39 is 5.25 Å². The number of nitrogens with one attached hydrogen (secondary N) is 2. The highest BCUT2D eigenvalue weighted by Gasteiger charge is 2.17. The maximum absolute atomic E-state index is 12.3. The first kappa shape index (κ1) is 21.4. The number of anilines is 2. The van der Waals surface area contributed by atoms with E-state index in [2.05, 4.69) is 10.6 Å². The zero-order valence-electron chi connectivity index (χ0n) is 14.9. The Kier molecular flexibility index (Phi) is 8.28. The summed E-state index contributed by atoms with van der Waals surface area (Å²) in [5.41, 5.74) is 1.12. The van der Waals surface area contributed by atoms with Crippen molar-refractivity contribution in [3.63, 3.8) is 0 Å². The number of carbonyl (C=O) groups excluding carboxylic acids is 2. The van der Waals surface area contributed by atoms with Gasteiger partial charge < -0.3 is 15.4 Å². The van der Waals surface area contributed by atoms with E-state index in [4.69, 9.17) is 27.9 Å². The molecule has 2 N–H and O–H groups in total. The van der Waals surface area contributed by atoms with Gasteiger partial charge in [-0.05, 0) is 56.3 Å². The SMILES string of the molecule is CCOc1ccc(NC(=O)CSC(C)C(=O)Nc2cc(Cl)ccc2Cl)cc1. The number of thioether (sulfide) groups is 1. The first-order valence-electron chi connectivity index (χ1n) is 8.29. The van der Waals surface area contributed by atoms with Gasteiger partial charge in [-0.2, -0.15) is 0 Å². The molecular formula is C19H20Cl2N2O3S. The van der Waals surface area contributed by atoms with Crippen molar-refractivity contribution >= 4 is 58.2 Å². The van der Waals surface area contributed by atoms with Crippen LogP contribution in [0.5, 0.6) is 5.75 Å². The minimum atomic E-state index is -0.439. The molecule has 0 aliphatic carbocycles. The molecule has 27 heavy (non-hydrogen) atoms. The summed E-state index contributed by atoms with van der Waals surface area (Å²) >= 11 is 13.2. The number of benzene rings is 2. The predicted molar refractivity (Wildman–Crippen MR) is 113 cm³/mol. The van der Waals surface area contributed by atoms with Crippen LogP contribution in [0.1, 0.15) is 13.8 Å². The van der Waals surface area contributed by atoms with Crippen LogP contribution in [0.15, 0.2) is 42.5 Å². The van der Waals surface area contributed by atoms with E-state index in [0.29, 0.717) is 28.0 Å². The van der Waals surface area contributed by atoms with Gasteiger partial charge in [-0.15, -0.1) is 11.8 Å². The lowest BCUT2D eigenvalue weighted by Gasteiger charge is -2.13. The summed E-state index contributed by atoms with van der Waals surface area (Å²) in [5, 5.41) is 5.95. The highest BCUT2D eigenvalue weighted by molar-refractivity contribution is 8.01. The van der Waals surface area contributed by atoms with E-state index in [1.54, 1.807) is 49.4 Å². The van der Waals surface area contributed by atoms with Gasteiger partial charge in [0.2, 0.25) is 11.8 Å². The molecule has 5 nitrogen and oxygen atoms in total. The van der Waals surface area contributed by atoms with Gasteiger partial charge in [-0.1, -0.05) is 23.2 Å². The fourth-order valence-corrected chi connectivity index (χ4v) is 3.12. The molecule has 0 heterocycles. The Balaban J connectivity index is 1.81. The van der Waals surface area contributed by atoms with Crippen LogP contribution in [-0.4, -0.2) is 29.4 Å². The lowest BCUT2D eigenvalue weighted by Crippen LogP contribution is -2.25. The summed E-state index contributed by atoms with van der Waals surface area (Å²) in [6, 6.07) is 12.0. The van der Waals surface area contributed by atoms with Gasteiger partial charge in [0.05, 0.1) is 28.3 Å². The van der Waals surface area contributed by atoms with Crippen molar-refractivity contribution in [2.75, 3.05) is 23.0 Å². The van der Waals surface area contributed by atoms with Crippen molar-refractivity contribution < 1.29 is 14.3 Å². The lowest BCUT2D eigenvalue weighted by atomic mass is 10.3. The molecule has 0 radical (unpaired) electrons. The van der Waals surface area contributed by atoms with Gasteiger partial charge in [0.1, 0.15) is 5.75 Å². The highest BCUT2D eigenvalue weighted by Crippen LogP contribution is 2.26. The van der Waals surface area contributed by atoms with Gasteiger partial charge in [-0.25, -0.2) is 0 Å². The van der Waals surface area contributed by atoms with Crippen molar-refractivity contribution in [3.05, 3.63) is 52.5 Å². The summed E-state index contributed by atoms with van der Waals surface area (Å²) in [4.78, 5) is 24.3. The fraction of sp³-hybridized carbons (Fsp3) is 0.263. The Morgan fingerprint density at radius 1 is 1.11 bits per heavy atom. The molecule has 2 rings (SSSR count). The number of halogens is 2. The standard InChI is InChI=1S/C19H20Cl2N2O3S/c1-3-26-15-7-5-14(6-8-15)22-18(24)11-27-12(2)19(25)23-17-10-13(20)4-9-16(17)21/h4-10,12H,3,11H2,1-2H3,(H,22,24)(H,23,25). The summed E-state index contributed by atoms with van der Waals surface area (Å²) in [7, 11) is 0. The van der Waals surface area contributed by atoms with Crippen LogP contribution in [0.25, 0.3) is 0 Å². The van der Waals surface area contributed by atoms with E-state index >= 15 is 0 Å². The van der Waals surface area contributed by atoms with Crippen LogP contribution in [0.2, 0.25) is 10.0 Å². The Bertz CT molecular complexity index is 800. The second kappa shape index (κ2) is 10.4. The summed E-state index contributed by atoms with van der Waals surface area (Å²) in [6.45, 7) is 4.22. The van der Waals surface area contributed by atoms with Crippen LogP contribution in [0.3, 0.4) is 0 Å². The average molecular weight is 427 g/mol. The molecule has 2 amide bonds. The molecule has 1 atom stereocenters. The smallest absolute Gasteiger partial charge is 0.237 e. The Labute approximate surface area is 172 Å². The van der Waals surface area contributed by atoms with Crippen molar-refractivity contribution in [3.8, 4) is 5.75 Å². The second-order valence-electron chi connectivity index (χ2n) is 5.57. The van der Waals surface area contributed by atoms with Gasteiger partial charge in [-0.3, -0.25) is 9.59 Å². The molecular weight excluding hydrogens is 407 g/mol. The quantitative estimate of drug-likeness (QED) is 0.616. The van der Waals surface area contributed by atoms with E-state index in [0.717, 1.165) is 5.75 Å². The largest absolute Gasteiger partial charge is 0.494 e. The van der Waals surface area contributed by atoms with Gasteiger partial charge in [0.15, 0.2) is 0 Å². The maximum Gasteiger partial charge on any atom is 0.237 e. The summed E-state index contributed by atoms with van der Waals surface area (Å²) < 4.78 is 5.36. The number of amides is 2. The van der Waals surface area contributed by atoms with Gasteiger partial charge >= 0.3 is 0 Å². The molecule has 8 heteroatoms. The van der Waals surface area contributed by atoms with Crippen LogP contribution in [-0.2, 0) is 9.59 Å². The molecule has 2 aromatic rings. The summed E-state index contributed by atoms with van der Waals surface area (Å²) in [6.07, 6.45) is 0. The third kappa shape index (κ3) is 6.97. The second-order valence-corrected chi connectivity index (χ2v) is 7.74. The third-order valence-electron chi connectivity index (χ3n) is 3.47. The van der Waals surface area contributed by atoms with Crippen LogP contribution in [0.4, 0.5) is 11.4 Å². The molecule has 0 saturated carbocycles. The van der Waals surface area contributed by atoms with Crippen LogP contribution < -0.4 is 15.4 Å². The monoisotopic (exact) mass is 426 g/mol. The molecule has 0 spiro atoms. The van der Waals surface area contributed by atoms with E-state index in [1.165, 1.54) is 11.8 Å². The average Bonchev–Trinajstić information content (AvgIpc) is 2.64. The van der Waals surface area contributed by atoms with Gasteiger partial charge in [0, 0.05) is 10.7 Å². The Hall–Kier alpha value is -1.89. The van der Waals surface area contributed by atoms with Crippen LogP contribution >= 0.6 is 35.0 Å². The first-order valence-corrected chi connectivity index (χ1v) is 10.1. The van der Waals surface area contributed by atoms with Gasteiger partial charge in [0.25, 0.3) is 0 Å². The van der Waals surface area contributed by atoms with E-state index in [9.17, 15) is 9.59 Å². The normalized spacial score (nSPS) is 11.6. The first-order chi connectivity index (χ1) is 12.9. The molecule has 1 unspecified atom stereocenters. The Morgan fingerprint density at radius 3 is 2.48 bits per heavy atom. The van der Waals surface area contributed by atoms with Crippen LogP contribution in [0, 0.1) is 0 Å². The summed E-state index contributed by atoms with van der Waals surface area (Å²) in [5.74, 6) is 0.447. The predicted octanol–water partition coefficient (Wildman–Crippen LogP) is 5.09. The highest BCUT2D eigenvalue weighted by atomic mass is 35.5. The molecule has 0 fully saturated rings. The maximum atomic E-state index is 12.3. The third-order valence-corrected chi connectivity index (χ3v) is 5.18. The molecule has 144 valence electrons. The minimum absolute atomic E-state index is 0.144. The topological polar surface area (TPSA) is 67.4 Å². The van der Waals surface area contributed by atoms with Crippen molar-refractivity contribution in [1.82, 2.24) is 0 Å². The molecule has 0 bridgehead atoms. The molecule has 0 aromatic heterocycles. The van der Waals surface area contributed by atoms with Crippen molar-refractivity contribution in [1.29, 1.82) is 0 Å². The zero-order chi connectivity index (χ0) is 19.8. The number of hydrogen-bond donors (Lipinski definition) is 2. The van der Waals surface area contributed by atoms with E-state index in [1.807, 2.05) is 6.92 Å². The fourth-order valence-electron chi connectivity index (χ4n) is 2.10. The number of hydrogen-bond acceptors (Lipinski definition) is 4. The molecule has 2 aromatic carbocycles. The number of rotatable bonds is 8. The van der Waals surface area contributed by atoms with E-state index in [-0.39, 0.29) is 17.6 Å². The number of ether oxygens (including phenoxy) is 1. The van der Waals surface area contributed by atoms with Crippen molar-refractivity contribution in [2.45, 2.75) is 19.1 Å². The molecule has 0 aliphatic rings. The molecule has 0 aliphatic heterocycles. The van der Waals surface area contributed by atoms with Crippen molar-refractivity contribution in [2.24, 2.45) is 0 Å².